The molecule has 4 nitrogen and oxygen atoms in total. The monoisotopic (exact) mass is 329 g/mol. The van der Waals surface area contributed by atoms with Crippen LogP contribution in [0.1, 0.15) is 80.6 Å². The summed E-state index contributed by atoms with van der Waals surface area (Å²) in [5.41, 5.74) is -0.789. The SMILES string of the molecule is CCCCC(CC)CC(CO)(CNC(=O)OC(C)(C)C)C(C)C. The van der Waals surface area contributed by atoms with Crippen molar-refractivity contribution in [2.24, 2.45) is 17.3 Å². The molecule has 0 aromatic carbocycles. The van der Waals surface area contributed by atoms with Gasteiger partial charge >= 0.3 is 6.09 Å². The van der Waals surface area contributed by atoms with Gasteiger partial charge in [0.15, 0.2) is 0 Å². The number of hydrogen-bond donors (Lipinski definition) is 2. The average Bonchev–Trinajstić information content (AvgIpc) is 2.45. The maximum Gasteiger partial charge on any atom is 0.407 e. The zero-order valence-corrected chi connectivity index (χ0v) is 16.4. The second-order valence-electron chi connectivity index (χ2n) is 8.15. The number of nitrogens with one attached hydrogen (secondary N) is 1. The summed E-state index contributed by atoms with van der Waals surface area (Å²) >= 11 is 0. The Labute approximate surface area is 143 Å². The molecule has 0 aromatic rings. The van der Waals surface area contributed by atoms with E-state index in [1.807, 2.05) is 20.8 Å². The molecule has 0 aromatic heterocycles. The first-order chi connectivity index (χ1) is 10.6. The van der Waals surface area contributed by atoms with Crippen LogP contribution in [-0.2, 0) is 4.74 Å². The van der Waals surface area contributed by atoms with E-state index in [2.05, 4.69) is 33.0 Å². The van der Waals surface area contributed by atoms with Gasteiger partial charge in [-0.1, -0.05) is 53.4 Å². The maximum atomic E-state index is 12.0. The van der Waals surface area contributed by atoms with E-state index < -0.39 is 11.7 Å². The van der Waals surface area contributed by atoms with Gasteiger partial charge in [-0.25, -0.2) is 4.79 Å². The lowest BCUT2D eigenvalue weighted by molar-refractivity contribution is 0.0288. The van der Waals surface area contributed by atoms with Crippen molar-refractivity contribution in [3.63, 3.8) is 0 Å². The second kappa shape index (κ2) is 10.2. The van der Waals surface area contributed by atoms with Crippen LogP contribution in [0.4, 0.5) is 4.79 Å². The molecule has 2 atom stereocenters. The highest BCUT2D eigenvalue weighted by molar-refractivity contribution is 5.67. The first kappa shape index (κ1) is 22.2. The minimum atomic E-state index is -0.503. The summed E-state index contributed by atoms with van der Waals surface area (Å²) in [5, 5.41) is 12.9. The molecule has 138 valence electrons. The Morgan fingerprint density at radius 1 is 1.22 bits per heavy atom. The molecular formula is C19H39NO3. The van der Waals surface area contributed by atoms with Gasteiger partial charge in [-0.2, -0.15) is 0 Å². The predicted octanol–water partition coefficient (Wildman–Crippen LogP) is 4.75. The number of carbonyl (C=O) groups is 1. The van der Waals surface area contributed by atoms with Gasteiger partial charge < -0.3 is 15.2 Å². The topological polar surface area (TPSA) is 58.6 Å². The molecule has 0 heterocycles. The van der Waals surface area contributed by atoms with Crippen LogP contribution in [0, 0.1) is 17.3 Å². The van der Waals surface area contributed by atoms with Gasteiger partial charge in [0.05, 0.1) is 6.61 Å². The summed E-state index contributed by atoms with van der Waals surface area (Å²) in [4.78, 5) is 12.0. The summed E-state index contributed by atoms with van der Waals surface area (Å²) in [5.74, 6) is 0.878. The van der Waals surface area contributed by atoms with Crippen molar-refractivity contribution in [1.82, 2.24) is 5.32 Å². The summed E-state index contributed by atoms with van der Waals surface area (Å²) in [6.45, 7) is 14.8. The van der Waals surface area contributed by atoms with Crippen molar-refractivity contribution in [1.29, 1.82) is 0 Å². The molecule has 0 aliphatic heterocycles. The van der Waals surface area contributed by atoms with Crippen LogP contribution in [-0.4, -0.2) is 30.0 Å². The van der Waals surface area contributed by atoms with Gasteiger partial charge in [0, 0.05) is 12.0 Å². The molecule has 0 rings (SSSR count). The Bertz CT molecular complexity index is 336. The van der Waals surface area contributed by atoms with E-state index in [0.29, 0.717) is 12.5 Å². The lowest BCUT2D eigenvalue weighted by Crippen LogP contribution is -2.46. The van der Waals surface area contributed by atoms with Crippen LogP contribution in [0.3, 0.4) is 0 Å². The first-order valence-corrected chi connectivity index (χ1v) is 9.18. The van der Waals surface area contributed by atoms with Crippen LogP contribution >= 0.6 is 0 Å². The highest BCUT2D eigenvalue weighted by Crippen LogP contribution is 2.36. The largest absolute Gasteiger partial charge is 0.444 e. The quantitative estimate of drug-likeness (QED) is 0.608. The predicted molar refractivity (Wildman–Crippen MR) is 96.5 cm³/mol. The zero-order chi connectivity index (χ0) is 18.1. The van der Waals surface area contributed by atoms with Gasteiger partial charge in [0.2, 0.25) is 0 Å². The number of ether oxygens (including phenoxy) is 1. The van der Waals surface area contributed by atoms with Crippen LogP contribution < -0.4 is 5.32 Å². The smallest absolute Gasteiger partial charge is 0.407 e. The van der Waals surface area contributed by atoms with Gasteiger partial charge in [0.25, 0.3) is 0 Å². The van der Waals surface area contributed by atoms with Crippen molar-refractivity contribution >= 4 is 6.09 Å². The van der Waals surface area contributed by atoms with Gasteiger partial charge in [-0.3, -0.25) is 0 Å². The maximum absolute atomic E-state index is 12.0. The summed E-state index contributed by atoms with van der Waals surface area (Å²) in [6.07, 6.45) is 5.25. The highest BCUT2D eigenvalue weighted by Gasteiger charge is 2.36. The standard InChI is InChI=1S/C19H39NO3/c1-8-10-11-16(9-2)12-19(14-21,15(3)4)13-20-17(22)23-18(5,6)7/h15-16,21H,8-14H2,1-7H3,(H,20,22). The summed E-state index contributed by atoms with van der Waals surface area (Å²) in [6, 6.07) is 0. The number of alkyl carbamates (subject to hydrolysis) is 1. The molecule has 0 aliphatic carbocycles. The third kappa shape index (κ3) is 8.59. The van der Waals surface area contributed by atoms with Crippen LogP contribution in [0.25, 0.3) is 0 Å². The molecule has 0 saturated carbocycles. The molecule has 0 aliphatic rings. The number of carbonyl (C=O) groups excluding carboxylic acids is 1. The zero-order valence-electron chi connectivity index (χ0n) is 16.4. The minimum absolute atomic E-state index is 0.0864. The Hall–Kier alpha value is -0.770. The van der Waals surface area contributed by atoms with Crippen molar-refractivity contribution < 1.29 is 14.6 Å². The van der Waals surface area contributed by atoms with Crippen LogP contribution in [0.15, 0.2) is 0 Å². The molecule has 2 unspecified atom stereocenters. The third-order valence-corrected chi connectivity index (χ3v) is 4.76. The van der Waals surface area contributed by atoms with Crippen molar-refractivity contribution in [2.45, 2.75) is 86.2 Å². The lowest BCUT2D eigenvalue weighted by atomic mass is 9.70. The van der Waals surface area contributed by atoms with Gasteiger partial charge in [-0.15, -0.1) is 0 Å². The second-order valence-corrected chi connectivity index (χ2v) is 8.15. The Morgan fingerprint density at radius 3 is 2.22 bits per heavy atom. The molecule has 2 N–H and O–H groups in total. The summed E-state index contributed by atoms with van der Waals surface area (Å²) in [7, 11) is 0. The fourth-order valence-electron chi connectivity index (χ4n) is 2.90. The van der Waals surface area contributed by atoms with Gasteiger partial charge in [-0.05, 0) is 39.0 Å². The molecule has 0 fully saturated rings. The summed E-state index contributed by atoms with van der Waals surface area (Å²) < 4.78 is 5.32. The number of hydrogen-bond acceptors (Lipinski definition) is 3. The molecular weight excluding hydrogens is 290 g/mol. The number of amides is 1. The average molecular weight is 330 g/mol. The van der Waals surface area contributed by atoms with E-state index in [9.17, 15) is 9.90 Å². The molecule has 0 radical (unpaired) electrons. The molecule has 23 heavy (non-hydrogen) atoms. The number of rotatable bonds is 10. The van der Waals surface area contributed by atoms with E-state index in [1.54, 1.807) is 0 Å². The molecule has 4 heteroatoms. The van der Waals surface area contributed by atoms with E-state index in [-0.39, 0.29) is 17.9 Å². The van der Waals surface area contributed by atoms with Crippen LogP contribution in [0.5, 0.6) is 0 Å². The fourth-order valence-corrected chi connectivity index (χ4v) is 2.90. The first-order valence-electron chi connectivity index (χ1n) is 9.18. The number of unbranched alkanes of at least 4 members (excludes halogenated alkanes) is 1. The van der Waals surface area contributed by atoms with Crippen LogP contribution in [0.2, 0.25) is 0 Å². The third-order valence-electron chi connectivity index (χ3n) is 4.76. The number of aliphatic hydroxyl groups excluding tert-OH is 1. The molecule has 0 bridgehead atoms. The molecule has 1 amide bonds. The fraction of sp³-hybridized carbons (Fsp3) is 0.947. The normalized spacial score (nSPS) is 16.0. The van der Waals surface area contributed by atoms with E-state index in [0.717, 1.165) is 12.8 Å². The molecule has 0 spiro atoms. The Balaban J connectivity index is 4.86. The van der Waals surface area contributed by atoms with Crippen molar-refractivity contribution in [3.8, 4) is 0 Å². The lowest BCUT2D eigenvalue weighted by Gasteiger charge is -2.39. The molecule has 0 saturated heterocycles. The van der Waals surface area contributed by atoms with E-state index in [1.165, 1.54) is 19.3 Å². The Morgan fingerprint density at radius 2 is 1.83 bits per heavy atom. The Kier molecular flexibility index (Phi) is 9.83. The minimum Gasteiger partial charge on any atom is -0.444 e. The van der Waals surface area contributed by atoms with Crippen molar-refractivity contribution in [3.05, 3.63) is 0 Å². The van der Waals surface area contributed by atoms with E-state index >= 15 is 0 Å². The van der Waals surface area contributed by atoms with Gasteiger partial charge in [0.1, 0.15) is 5.60 Å². The highest BCUT2D eigenvalue weighted by atomic mass is 16.6. The van der Waals surface area contributed by atoms with Crippen molar-refractivity contribution in [2.75, 3.05) is 13.2 Å². The van der Waals surface area contributed by atoms with E-state index in [4.69, 9.17) is 4.74 Å². The number of aliphatic hydroxyl groups is 1.